The molecule has 41 heavy (non-hydrogen) atoms. The van der Waals surface area contributed by atoms with Gasteiger partial charge < -0.3 is 14.4 Å². The topological polar surface area (TPSA) is 85.6 Å². The zero-order valence-electron chi connectivity index (χ0n) is 24.3. The average Bonchev–Trinajstić information content (AvgIpc) is 3.67. The van der Waals surface area contributed by atoms with E-state index in [4.69, 9.17) is 14.5 Å². The number of carbonyl (C=O) groups is 1. The van der Waals surface area contributed by atoms with Gasteiger partial charge in [0.2, 0.25) is 11.8 Å². The van der Waals surface area contributed by atoms with E-state index in [1.54, 1.807) is 19.3 Å². The molecule has 2 aliphatic heterocycles. The summed E-state index contributed by atoms with van der Waals surface area (Å²) in [6.45, 7) is 12.5. The molecule has 0 radical (unpaired) electrons. The van der Waals surface area contributed by atoms with Crippen molar-refractivity contribution in [2.75, 3.05) is 19.7 Å². The number of likely N-dealkylation sites (tertiary alicyclic amines) is 2. The number of hydrogen-bond acceptors (Lipinski definition) is 7. The third-order valence-electron chi connectivity index (χ3n) is 8.02. The summed E-state index contributed by atoms with van der Waals surface area (Å²) >= 11 is 0. The molecule has 2 fully saturated rings. The van der Waals surface area contributed by atoms with Crippen molar-refractivity contribution >= 4 is 24.9 Å². The Morgan fingerprint density at radius 2 is 1.93 bits per heavy atom. The van der Waals surface area contributed by atoms with Crippen LogP contribution in [0.15, 0.2) is 60.9 Å². The first kappa shape index (κ1) is 27.6. The first-order chi connectivity index (χ1) is 19.7. The second-order valence-electron chi connectivity index (χ2n) is 12.4. The highest BCUT2D eigenvalue weighted by Gasteiger charge is 2.44. The van der Waals surface area contributed by atoms with Gasteiger partial charge in [-0.25, -0.2) is 9.67 Å². The van der Waals surface area contributed by atoms with Crippen molar-refractivity contribution in [3.63, 3.8) is 0 Å². The van der Waals surface area contributed by atoms with Crippen LogP contribution in [0.2, 0.25) is 25.7 Å². The van der Waals surface area contributed by atoms with Crippen molar-refractivity contribution < 1.29 is 14.3 Å². The number of nitrogens with zero attached hydrogens (tertiary/aromatic N) is 6. The maximum Gasteiger partial charge on any atom is 0.219 e. The van der Waals surface area contributed by atoms with Gasteiger partial charge in [-0.15, -0.1) is 0 Å². The molecule has 0 spiro atoms. The standard InChI is InChI=1S/C31H38N6O3Si/c1-22(38)36-20-26-16-27(36)19-35(26)18-25-7-5-23-15-28(8-9-29(23)34-25)40-31-10-6-24(17-32-31)30-11-12-33-37(30)21-39-13-14-41(2,3)4/h5-12,15,17,26-27H,13-14,16,18-21H2,1-4H3/t26-,27-/m1/s1. The van der Waals surface area contributed by atoms with Gasteiger partial charge in [0.05, 0.1) is 16.9 Å². The van der Waals surface area contributed by atoms with Crippen molar-refractivity contribution in [2.24, 2.45) is 0 Å². The third kappa shape index (κ3) is 6.34. The lowest BCUT2D eigenvalue weighted by Gasteiger charge is -2.33. The molecule has 9 nitrogen and oxygen atoms in total. The quantitative estimate of drug-likeness (QED) is 0.186. The van der Waals surface area contributed by atoms with E-state index in [0.717, 1.165) is 66.6 Å². The van der Waals surface area contributed by atoms with Crippen molar-refractivity contribution in [2.45, 2.75) is 64.4 Å². The fourth-order valence-electron chi connectivity index (χ4n) is 5.76. The lowest BCUT2D eigenvalue weighted by molar-refractivity contribution is -0.131. The molecule has 3 aromatic heterocycles. The van der Waals surface area contributed by atoms with Crippen LogP contribution in [0.5, 0.6) is 11.6 Å². The fraction of sp³-hybridized carbons (Fsp3) is 0.419. The molecule has 2 bridgehead atoms. The highest BCUT2D eigenvalue weighted by atomic mass is 28.3. The molecule has 0 aliphatic carbocycles. The zero-order chi connectivity index (χ0) is 28.6. The molecular formula is C31H38N6O3Si. The molecule has 1 amide bonds. The van der Waals surface area contributed by atoms with E-state index in [2.05, 4.69) is 46.8 Å². The molecule has 214 valence electrons. The SMILES string of the molecule is CC(=O)N1C[C@H]2C[C@@H]1CN2Cc1ccc2cc(Oc3ccc(-c4ccnn4COCC[Si](C)(C)C)cn3)ccc2n1. The van der Waals surface area contributed by atoms with Crippen LogP contribution in [0.3, 0.4) is 0 Å². The Morgan fingerprint density at radius 1 is 1.05 bits per heavy atom. The predicted octanol–water partition coefficient (Wildman–Crippen LogP) is 5.40. The van der Waals surface area contributed by atoms with Crippen LogP contribution in [-0.4, -0.2) is 75.3 Å². The number of aromatic nitrogens is 4. The minimum Gasteiger partial charge on any atom is -0.439 e. The summed E-state index contributed by atoms with van der Waals surface area (Å²) < 4.78 is 13.8. The van der Waals surface area contributed by atoms with Gasteiger partial charge in [0.1, 0.15) is 12.5 Å². The summed E-state index contributed by atoms with van der Waals surface area (Å²) in [6.07, 6.45) is 4.66. The van der Waals surface area contributed by atoms with Gasteiger partial charge in [0, 0.05) is 82.7 Å². The summed E-state index contributed by atoms with van der Waals surface area (Å²) in [5.74, 6) is 1.43. The summed E-state index contributed by atoms with van der Waals surface area (Å²) in [5.41, 5.74) is 3.90. The predicted molar refractivity (Wildman–Crippen MR) is 161 cm³/mol. The van der Waals surface area contributed by atoms with E-state index in [1.807, 2.05) is 46.0 Å². The van der Waals surface area contributed by atoms with Crippen LogP contribution in [0.1, 0.15) is 19.0 Å². The molecule has 0 N–H and O–H groups in total. The lowest BCUT2D eigenvalue weighted by Crippen LogP contribution is -2.47. The Labute approximate surface area is 242 Å². The zero-order valence-corrected chi connectivity index (χ0v) is 25.3. The molecule has 2 atom stereocenters. The highest BCUT2D eigenvalue weighted by Crippen LogP contribution is 2.32. The molecule has 2 aliphatic rings. The van der Waals surface area contributed by atoms with E-state index in [0.29, 0.717) is 30.4 Å². The normalized spacial score (nSPS) is 18.9. The number of pyridine rings is 2. The summed E-state index contributed by atoms with van der Waals surface area (Å²) in [6, 6.07) is 17.9. The monoisotopic (exact) mass is 570 g/mol. The fourth-order valence-corrected chi connectivity index (χ4v) is 6.51. The second kappa shape index (κ2) is 11.3. The van der Waals surface area contributed by atoms with E-state index < -0.39 is 8.07 Å². The van der Waals surface area contributed by atoms with Crippen LogP contribution in [0.4, 0.5) is 0 Å². The molecule has 6 rings (SSSR count). The van der Waals surface area contributed by atoms with Gasteiger partial charge in [-0.05, 0) is 48.9 Å². The first-order valence-corrected chi connectivity index (χ1v) is 18.1. The Balaban J connectivity index is 1.06. The number of benzene rings is 1. The number of carbonyl (C=O) groups excluding carboxylic acids is 1. The number of amides is 1. The maximum absolute atomic E-state index is 11.8. The highest BCUT2D eigenvalue weighted by molar-refractivity contribution is 6.76. The van der Waals surface area contributed by atoms with Crippen LogP contribution in [0.25, 0.3) is 22.2 Å². The molecule has 10 heteroatoms. The van der Waals surface area contributed by atoms with Gasteiger partial charge in [0.15, 0.2) is 0 Å². The number of piperazine rings is 1. The van der Waals surface area contributed by atoms with Crippen molar-refractivity contribution in [1.29, 1.82) is 0 Å². The molecule has 1 aromatic carbocycles. The third-order valence-corrected chi connectivity index (χ3v) is 9.73. The van der Waals surface area contributed by atoms with Gasteiger partial charge in [-0.2, -0.15) is 5.10 Å². The summed E-state index contributed by atoms with van der Waals surface area (Å²) in [4.78, 5) is 25.7. The Kier molecular flexibility index (Phi) is 7.63. The van der Waals surface area contributed by atoms with Crippen LogP contribution in [0, 0.1) is 0 Å². The number of hydrogen-bond donors (Lipinski definition) is 0. The van der Waals surface area contributed by atoms with Gasteiger partial charge >= 0.3 is 0 Å². The lowest BCUT2D eigenvalue weighted by atomic mass is 10.2. The molecule has 5 heterocycles. The van der Waals surface area contributed by atoms with E-state index in [9.17, 15) is 4.79 Å². The van der Waals surface area contributed by atoms with Crippen molar-refractivity contribution in [3.8, 4) is 22.9 Å². The van der Waals surface area contributed by atoms with E-state index >= 15 is 0 Å². The molecule has 2 saturated heterocycles. The molecule has 4 aromatic rings. The van der Waals surface area contributed by atoms with Gasteiger partial charge in [-0.1, -0.05) is 25.7 Å². The van der Waals surface area contributed by atoms with E-state index in [-0.39, 0.29) is 5.91 Å². The largest absolute Gasteiger partial charge is 0.439 e. The van der Waals surface area contributed by atoms with Crippen LogP contribution < -0.4 is 4.74 Å². The molecular weight excluding hydrogens is 532 g/mol. The van der Waals surface area contributed by atoms with Crippen LogP contribution in [-0.2, 0) is 22.8 Å². The molecule has 0 saturated carbocycles. The Morgan fingerprint density at radius 3 is 2.66 bits per heavy atom. The van der Waals surface area contributed by atoms with Gasteiger partial charge in [0.25, 0.3) is 0 Å². The summed E-state index contributed by atoms with van der Waals surface area (Å²) in [7, 11) is -1.12. The minimum atomic E-state index is -1.12. The Hall–Kier alpha value is -3.60. The number of ether oxygens (including phenoxy) is 2. The van der Waals surface area contributed by atoms with E-state index in [1.165, 1.54) is 0 Å². The second-order valence-corrected chi connectivity index (χ2v) is 18.0. The average molecular weight is 571 g/mol. The minimum absolute atomic E-state index is 0.186. The van der Waals surface area contributed by atoms with Crippen molar-refractivity contribution in [3.05, 3.63) is 66.6 Å². The smallest absolute Gasteiger partial charge is 0.219 e. The number of rotatable bonds is 10. The molecule has 0 unspecified atom stereocenters. The summed E-state index contributed by atoms with van der Waals surface area (Å²) in [5, 5.41) is 5.44. The maximum atomic E-state index is 11.8. The van der Waals surface area contributed by atoms with Gasteiger partial charge in [-0.3, -0.25) is 14.7 Å². The van der Waals surface area contributed by atoms with Crippen molar-refractivity contribution in [1.82, 2.24) is 29.5 Å². The van der Waals surface area contributed by atoms with Crippen LogP contribution >= 0.6 is 0 Å². The number of fused-ring (bicyclic) bond motifs is 3. The first-order valence-electron chi connectivity index (χ1n) is 14.4. The Bertz CT molecular complexity index is 1530.